The number of sulfonamides is 1. The third-order valence-electron chi connectivity index (χ3n) is 7.12. The molecule has 0 aromatic heterocycles. The molecule has 0 unspecified atom stereocenters. The molecule has 1 N–H and O–H groups in total. The standard InChI is InChI=1S/C30H32Cl3N3O4S/c1-41(39,40)36(26-15-13-23(31)14-16-26)20-29(37)35(19-22-11-12-24(32)18-27(22)33)28(17-21-7-3-2-4-8-21)30(38)34-25-9-5-6-10-25/h2-4,7-8,11-16,18,25,28H,5-6,9-10,17,19-20H2,1H3,(H,34,38)/t28-/m0/s1. The molecule has 41 heavy (non-hydrogen) atoms. The van der Waals surface area contributed by atoms with Gasteiger partial charge in [-0.1, -0.05) is 84.0 Å². The first-order valence-electron chi connectivity index (χ1n) is 13.3. The van der Waals surface area contributed by atoms with Crippen molar-refractivity contribution in [3.05, 3.63) is 99.0 Å². The minimum atomic E-state index is -3.87. The largest absolute Gasteiger partial charge is 0.352 e. The molecule has 7 nitrogen and oxygen atoms in total. The SMILES string of the molecule is CS(=O)(=O)N(CC(=O)N(Cc1ccc(Cl)cc1Cl)[C@@H](Cc1ccccc1)C(=O)NC1CCCC1)c1ccc(Cl)cc1. The van der Waals surface area contributed by atoms with Gasteiger partial charge in [0.25, 0.3) is 0 Å². The van der Waals surface area contributed by atoms with Crippen LogP contribution in [0.5, 0.6) is 0 Å². The molecule has 2 amide bonds. The predicted octanol–water partition coefficient (Wildman–Crippen LogP) is 6.11. The molecule has 0 heterocycles. The number of hydrogen-bond acceptors (Lipinski definition) is 4. The van der Waals surface area contributed by atoms with Gasteiger partial charge < -0.3 is 10.2 Å². The number of anilines is 1. The maximum absolute atomic E-state index is 14.1. The van der Waals surface area contributed by atoms with Crippen LogP contribution >= 0.6 is 34.8 Å². The van der Waals surface area contributed by atoms with Crippen LogP contribution in [0, 0.1) is 0 Å². The third-order valence-corrected chi connectivity index (χ3v) is 9.10. The van der Waals surface area contributed by atoms with Gasteiger partial charge in [0.05, 0.1) is 11.9 Å². The molecular weight excluding hydrogens is 605 g/mol. The Balaban J connectivity index is 1.74. The van der Waals surface area contributed by atoms with Gasteiger partial charge in [0.15, 0.2) is 0 Å². The van der Waals surface area contributed by atoms with Crippen LogP contribution in [0.15, 0.2) is 72.8 Å². The van der Waals surface area contributed by atoms with Gasteiger partial charge in [-0.2, -0.15) is 0 Å². The molecule has 1 aliphatic carbocycles. The minimum Gasteiger partial charge on any atom is -0.352 e. The Labute approximate surface area is 256 Å². The maximum atomic E-state index is 14.1. The van der Waals surface area contributed by atoms with Crippen LogP contribution in [0.4, 0.5) is 5.69 Å². The summed E-state index contributed by atoms with van der Waals surface area (Å²) in [6, 6.07) is 19.6. The number of nitrogens with zero attached hydrogens (tertiary/aromatic N) is 2. The van der Waals surface area contributed by atoms with Gasteiger partial charge in [0, 0.05) is 34.1 Å². The number of hydrogen-bond donors (Lipinski definition) is 1. The number of halogens is 3. The zero-order valence-corrected chi connectivity index (χ0v) is 25.7. The van der Waals surface area contributed by atoms with E-state index in [9.17, 15) is 18.0 Å². The normalized spacial score (nSPS) is 14.4. The molecule has 218 valence electrons. The summed E-state index contributed by atoms with van der Waals surface area (Å²) >= 11 is 18.6. The first-order valence-corrected chi connectivity index (χ1v) is 16.3. The van der Waals surface area contributed by atoms with Gasteiger partial charge in [0.1, 0.15) is 12.6 Å². The second-order valence-corrected chi connectivity index (χ2v) is 13.4. The quantitative estimate of drug-likeness (QED) is 0.275. The fourth-order valence-corrected chi connectivity index (χ4v) is 6.42. The van der Waals surface area contributed by atoms with Gasteiger partial charge >= 0.3 is 0 Å². The molecule has 1 fully saturated rings. The number of benzene rings is 3. The summed E-state index contributed by atoms with van der Waals surface area (Å²) in [5.74, 6) is -0.851. The Kier molecular flexibility index (Phi) is 10.6. The average molecular weight is 637 g/mol. The molecular formula is C30H32Cl3N3O4S. The van der Waals surface area contributed by atoms with Crippen LogP contribution in [-0.4, -0.2) is 50.0 Å². The summed E-state index contributed by atoms with van der Waals surface area (Å²) in [5.41, 5.74) is 1.72. The van der Waals surface area contributed by atoms with Crippen molar-refractivity contribution in [2.45, 2.75) is 50.7 Å². The van der Waals surface area contributed by atoms with Gasteiger partial charge in [-0.15, -0.1) is 0 Å². The molecule has 1 saturated carbocycles. The summed E-state index contributed by atoms with van der Waals surface area (Å²) in [4.78, 5) is 29.4. The second kappa shape index (κ2) is 13.9. The summed E-state index contributed by atoms with van der Waals surface area (Å²) in [6.07, 6.45) is 5.07. The molecule has 3 aromatic carbocycles. The van der Waals surface area contributed by atoms with E-state index >= 15 is 0 Å². The lowest BCUT2D eigenvalue weighted by Gasteiger charge is -2.34. The van der Waals surface area contributed by atoms with E-state index in [4.69, 9.17) is 34.8 Å². The van der Waals surface area contributed by atoms with Crippen LogP contribution in [0.3, 0.4) is 0 Å². The number of amides is 2. The number of carbonyl (C=O) groups excluding carboxylic acids is 2. The van der Waals surface area contributed by atoms with Crippen molar-refractivity contribution < 1.29 is 18.0 Å². The Hall–Kier alpha value is -2.78. The molecule has 1 aliphatic rings. The second-order valence-electron chi connectivity index (χ2n) is 10.2. The first-order chi connectivity index (χ1) is 19.5. The van der Waals surface area contributed by atoms with E-state index in [1.54, 1.807) is 30.3 Å². The summed E-state index contributed by atoms with van der Waals surface area (Å²) in [6.45, 7) is -0.545. The average Bonchev–Trinajstić information content (AvgIpc) is 3.44. The molecule has 0 bridgehead atoms. The molecule has 0 saturated heterocycles. The monoisotopic (exact) mass is 635 g/mol. The molecule has 0 aliphatic heterocycles. The van der Waals surface area contributed by atoms with E-state index in [1.807, 2.05) is 30.3 Å². The molecule has 4 rings (SSSR count). The highest BCUT2D eigenvalue weighted by Gasteiger charge is 2.34. The van der Waals surface area contributed by atoms with Crippen molar-refractivity contribution in [2.24, 2.45) is 0 Å². The van der Waals surface area contributed by atoms with E-state index in [1.165, 1.54) is 17.0 Å². The lowest BCUT2D eigenvalue weighted by Crippen LogP contribution is -2.54. The van der Waals surface area contributed by atoms with Crippen molar-refractivity contribution >= 4 is 62.3 Å². The molecule has 3 aromatic rings. The van der Waals surface area contributed by atoms with Gasteiger partial charge in [0.2, 0.25) is 21.8 Å². The van der Waals surface area contributed by atoms with E-state index in [2.05, 4.69) is 5.32 Å². The smallest absolute Gasteiger partial charge is 0.244 e. The zero-order chi connectivity index (χ0) is 29.6. The van der Waals surface area contributed by atoms with E-state index in [0.29, 0.717) is 20.6 Å². The summed E-state index contributed by atoms with van der Waals surface area (Å²) in [5, 5.41) is 4.33. The topological polar surface area (TPSA) is 86.8 Å². The fraction of sp³-hybridized carbons (Fsp3) is 0.333. The van der Waals surface area contributed by atoms with Crippen molar-refractivity contribution in [1.82, 2.24) is 10.2 Å². The molecule has 0 spiro atoms. The molecule has 11 heteroatoms. The Bertz CT molecular complexity index is 1460. The van der Waals surface area contributed by atoms with Crippen molar-refractivity contribution in [3.8, 4) is 0 Å². The summed E-state index contributed by atoms with van der Waals surface area (Å²) in [7, 11) is -3.87. The van der Waals surface area contributed by atoms with E-state index in [-0.39, 0.29) is 30.6 Å². The van der Waals surface area contributed by atoms with Gasteiger partial charge in [-0.05, 0) is 60.4 Å². The van der Waals surface area contributed by atoms with Crippen LogP contribution < -0.4 is 9.62 Å². The van der Waals surface area contributed by atoms with Crippen molar-refractivity contribution in [2.75, 3.05) is 17.1 Å². The van der Waals surface area contributed by atoms with Crippen LogP contribution in [0.2, 0.25) is 15.1 Å². The highest BCUT2D eigenvalue weighted by molar-refractivity contribution is 7.92. The maximum Gasteiger partial charge on any atom is 0.244 e. The number of nitrogens with one attached hydrogen (secondary N) is 1. The molecule has 1 atom stereocenters. The van der Waals surface area contributed by atoms with Gasteiger partial charge in [-0.3, -0.25) is 13.9 Å². The lowest BCUT2D eigenvalue weighted by atomic mass is 10.0. The minimum absolute atomic E-state index is 0.0252. The number of rotatable bonds is 11. The highest BCUT2D eigenvalue weighted by atomic mass is 35.5. The third kappa shape index (κ3) is 8.61. The fourth-order valence-electron chi connectivity index (χ4n) is 4.98. The Morgan fingerprint density at radius 1 is 0.927 bits per heavy atom. The highest BCUT2D eigenvalue weighted by Crippen LogP contribution is 2.26. The van der Waals surface area contributed by atoms with Crippen molar-refractivity contribution in [3.63, 3.8) is 0 Å². The van der Waals surface area contributed by atoms with Crippen LogP contribution in [0.25, 0.3) is 0 Å². The predicted molar refractivity (Wildman–Crippen MR) is 165 cm³/mol. The first kappa shape index (κ1) is 31.2. The number of carbonyl (C=O) groups is 2. The Morgan fingerprint density at radius 3 is 2.17 bits per heavy atom. The lowest BCUT2D eigenvalue weighted by molar-refractivity contribution is -0.140. The van der Waals surface area contributed by atoms with Gasteiger partial charge in [-0.25, -0.2) is 8.42 Å². The van der Waals surface area contributed by atoms with Crippen molar-refractivity contribution in [1.29, 1.82) is 0 Å². The van der Waals surface area contributed by atoms with E-state index < -0.39 is 28.5 Å². The Morgan fingerprint density at radius 2 is 1.56 bits per heavy atom. The molecule has 0 radical (unpaired) electrons. The summed E-state index contributed by atoms with van der Waals surface area (Å²) < 4.78 is 26.7. The van der Waals surface area contributed by atoms with E-state index in [0.717, 1.165) is 41.8 Å². The zero-order valence-electron chi connectivity index (χ0n) is 22.6. The van der Waals surface area contributed by atoms with Crippen LogP contribution in [0.1, 0.15) is 36.8 Å². The van der Waals surface area contributed by atoms with Crippen LogP contribution in [-0.2, 0) is 32.6 Å².